The number of hydrogen-bond acceptors (Lipinski definition) is 6. The lowest BCUT2D eigenvalue weighted by atomic mass is 9.80. The summed E-state index contributed by atoms with van der Waals surface area (Å²) in [5.74, 6) is -0.247. The summed E-state index contributed by atoms with van der Waals surface area (Å²) >= 11 is 8.19. The maximum absolute atomic E-state index is 13.4. The quantitative estimate of drug-likeness (QED) is 0.253. The van der Waals surface area contributed by atoms with Crippen molar-refractivity contribution < 1.29 is 9.59 Å². The number of carbonyl (C=O) groups is 2. The highest BCUT2D eigenvalue weighted by molar-refractivity contribution is 14.3. The third-order valence-corrected chi connectivity index (χ3v) is 11.1. The number of anilines is 2. The van der Waals surface area contributed by atoms with Crippen molar-refractivity contribution in [3.8, 4) is 0 Å². The van der Waals surface area contributed by atoms with Gasteiger partial charge in [-0.05, 0) is 135 Å². The van der Waals surface area contributed by atoms with Crippen molar-refractivity contribution in [2.45, 2.75) is 43.8 Å². The van der Waals surface area contributed by atoms with Crippen molar-refractivity contribution in [1.82, 2.24) is 20.2 Å². The molecule has 0 bridgehead atoms. The maximum Gasteiger partial charge on any atom is 0.330 e. The smallest absolute Gasteiger partial charge is 0.330 e. The molecule has 13 heteroatoms. The van der Waals surface area contributed by atoms with E-state index in [-0.39, 0.29) is 22.7 Å². The van der Waals surface area contributed by atoms with Crippen LogP contribution in [0.4, 0.5) is 15.6 Å². The molecule has 2 unspecified atom stereocenters. The number of aromatic nitrogens is 2. The Labute approximate surface area is 247 Å². The topological polar surface area (TPSA) is 78.4 Å². The molecule has 1 N–H and O–H groups in total. The maximum atomic E-state index is 13.4. The first-order valence-electron chi connectivity index (χ1n) is 9.92. The van der Waals surface area contributed by atoms with Gasteiger partial charge in [-0.3, -0.25) is 9.78 Å². The third-order valence-electron chi connectivity index (χ3n) is 5.33. The molecule has 1 aliphatic rings. The molecule has 0 spiro atoms. The first-order chi connectivity index (χ1) is 15.3. The van der Waals surface area contributed by atoms with Crippen molar-refractivity contribution >= 4 is 124 Å². The molecular formula is C20H23ClI3N5O2S2. The predicted molar refractivity (Wildman–Crippen MR) is 163 cm³/mol. The van der Waals surface area contributed by atoms with Crippen LogP contribution in [0.15, 0.2) is 12.1 Å². The Morgan fingerprint density at radius 1 is 1.24 bits per heavy atom. The summed E-state index contributed by atoms with van der Waals surface area (Å²) in [4.78, 5) is 39.6. The third kappa shape index (κ3) is 6.20. The highest BCUT2D eigenvalue weighted by atomic mass is 127. The number of amides is 3. The van der Waals surface area contributed by atoms with E-state index in [2.05, 4.69) is 85.0 Å². The van der Waals surface area contributed by atoms with Gasteiger partial charge in [0.2, 0.25) is 0 Å². The Hall–Kier alpha value is 0.350. The SMILES string of the molecule is Cc1cc(N(C(=O)N(C)C)c2nc(C(=O)NC3CCC3(C)SCl)c(C(I)(I)I)s2)cc(C)n1. The molecule has 7 nitrogen and oxygen atoms in total. The van der Waals surface area contributed by atoms with Crippen LogP contribution in [0.1, 0.15) is 46.5 Å². The first kappa shape index (κ1) is 27.9. The Kier molecular flexibility index (Phi) is 9.11. The summed E-state index contributed by atoms with van der Waals surface area (Å²) in [5, 5.41) is 3.56. The fraction of sp³-hybridized carbons (Fsp3) is 0.500. The molecule has 0 aliphatic heterocycles. The summed E-state index contributed by atoms with van der Waals surface area (Å²) in [7, 11) is 10.7. The monoisotopic (exact) mass is 845 g/mol. The van der Waals surface area contributed by atoms with Crippen LogP contribution in [0.3, 0.4) is 0 Å². The van der Waals surface area contributed by atoms with Crippen LogP contribution in [0.2, 0.25) is 0 Å². The van der Waals surface area contributed by atoms with Crippen LogP contribution in [0.5, 0.6) is 0 Å². The van der Waals surface area contributed by atoms with Crippen LogP contribution < -0.4 is 10.2 Å². The fourth-order valence-electron chi connectivity index (χ4n) is 3.43. The highest BCUT2D eigenvalue weighted by Gasteiger charge is 2.45. The van der Waals surface area contributed by atoms with Gasteiger partial charge in [-0.15, -0.1) is 0 Å². The van der Waals surface area contributed by atoms with Crippen molar-refractivity contribution in [1.29, 1.82) is 0 Å². The average Bonchev–Trinajstić information content (AvgIpc) is 3.15. The van der Waals surface area contributed by atoms with Crippen LogP contribution in [-0.2, 0) is -0.565 Å². The number of nitrogens with one attached hydrogen (secondary N) is 1. The van der Waals surface area contributed by atoms with Crippen molar-refractivity contribution in [3.63, 3.8) is 0 Å². The highest BCUT2D eigenvalue weighted by Crippen LogP contribution is 2.52. The van der Waals surface area contributed by atoms with E-state index in [4.69, 9.17) is 15.7 Å². The molecule has 3 rings (SSSR count). The van der Waals surface area contributed by atoms with Gasteiger partial charge in [0.05, 0.1) is 10.6 Å². The molecule has 0 saturated heterocycles. The standard InChI is InChI=1S/C20H23ClI3N5O2S2/c1-10-8-12(9-11(2)25-10)29(18(31)28(4)5)17-27-14(15(32-17)20(22,23)24)16(30)26-13-6-7-19(13,3)33-21/h8-9,13H,6-7H2,1-5H3,(H,26,30). The number of pyridine rings is 1. The number of carbonyl (C=O) groups excluding carboxylic acids is 2. The van der Waals surface area contributed by atoms with Crippen LogP contribution >= 0.6 is 101 Å². The molecule has 1 saturated carbocycles. The molecule has 180 valence electrons. The number of nitrogens with zero attached hydrogens (tertiary/aromatic N) is 4. The lowest BCUT2D eigenvalue weighted by Crippen LogP contribution is -2.56. The second kappa shape index (κ2) is 10.8. The number of rotatable bonds is 6. The number of urea groups is 1. The van der Waals surface area contributed by atoms with Gasteiger partial charge in [0, 0.05) is 36.3 Å². The van der Waals surface area contributed by atoms with Gasteiger partial charge in [-0.2, -0.15) is 0 Å². The summed E-state index contributed by atoms with van der Waals surface area (Å²) in [6.45, 7) is 5.82. The van der Waals surface area contributed by atoms with Crippen LogP contribution in [0.25, 0.3) is 0 Å². The van der Waals surface area contributed by atoms with E-state index in [1.165, 1.54) is 27.2 Å². The van der Waals surface area contributed by atoms with Gasteiger partial charge in [0.1, 0.15) is 5.69 Å². The van der Waals surface area contributed by atoms with Gasteiger partial charge in [-0.25, -0.2) is 14.7 Å². The molecule has 33 heavy (non-hydrogen) atoms. The number of hydrogen-bond donors (Lipinski definition) is 1. The van der Waals surface area contributed by atoms with E-state index in [1.807, 2.05) is 26.0 Å². The van der Waals surface area contributed by atoms with Gasteiger partial charge in [-0.1, -0.05) is 11.3 Å². The van der Waals surface area contributed by atoms with Crippen molar-refractivity contribution in [2.75, 3.05) is 19.0 Å². The lowest BCUT2D eigenvalue weighted by Gasteiger charge is -2.44. The van der Waals surface area contributed by atoms with E-state index in [9.17, 15) is 9.59 Å². The van der Waals surface area contributed by atoms with Crippen molar-refractivity contribution in [3.05, 3.63) is 34.1 Å². The molecule has 1 aliphatic carbocycles. The van der Waals surface area contributed by atoms with E-state index >= 15 is 0 Å². The zero-order valence-corrected chi connectivity index (χ0v) is 27.4. The summed E-state index contributed by atoms with van der Waals surface area (Å²) in [6, 6.07) is 3.41. The second-order valence-electron chi connectivity index (χ2n) is 8.25. The first-order valence-corrected chi connectivity index (χ1v) is 15.6. The molecule has 2 atom stereocenters. The zero-order valence-electron chi connectivity index (χ0n) is 18.6. The molecule has 0 aromatic carbocycles. The number of aryl methyl sites for hydroxylation is 2. The predicted octanol–water partition coefficient (Wildman–Crippen LogP) is 6.93. The Morgan fingerprint density at radius 3 is 2.30 bits per heavy atom. The number of alkyl halides is 3. The van der Waals surface area contributed by atoms with Gasteiger partial charge < -0.3 is 10.2 Å². The van der Waals surface area contributed by atoms with Gasteiger partial charge >= 0.3 is 6.03 Å². The van der Waals surface area contributed by atoms with E-state index in [0.29, 0.717) is 16.5 Å². The molecule has 3 amide bonds. The Balaban J connectivity index is 2.08. The normalized spacial score (nSPS) is 20.2. The minimum absolute atomic E-state index is 0.0254. The van der Waals surface area contributed by atoms with E-state index < -0.39 is -0.565 Å². The fourth-order valence-corrected chi connectivity index (χ4v) is 7.17. The summed E-state index contributed by atoms with van der Waals surface area (Å²) in [6.07, 6.45) is 1.82. The molecule has 2 aromatic heterocycles. The van der Waals surface area contributed by atoms with Crippen LogP contribution in [-0.4, -0.2) is 51.7 Å². The molecule has 0 radical (unpaired) electrons. The van der Waals surface area contributed by atoms with E-state index in [0.717, 1.165) is 29.1 Å². The van der Waals surface area contributed by atoms with Gasteiger partial charge in [0.15, 0.2) is 4.57 Å². The second-order valence-corrected chi connectivity index (χ2v) is 21.8. The zero-order chi connectivity index (χ0) is 24.7. The minimum atomic E-state index is -0.420. The Bertz CT molecular complexity index is 1050. The molecule has 2 heterocycles. The number of thiazole rings is 1. The van der Waals surface area contributed by atoms with Crippen LogP contribution in [0, 0.1) is 13.8 Å². The minimum Gasteiger partial charge on any atom is -0.346 e. The Morgan fingerprint density at radius 2 is 1.85 bits per heavy atom. The lowest BCUT2D eigenvalue weighted by molar-refractivity contribution is 0.0894. The average molecular weight is 846 g/mol. The molecule has 1 fully saturated rings. The summed E-state index contributed by atoms with van der Waals surface area (Å²) < 4.78 is -0.609. The van der Waals surface area contributed by atoms with E-state index in [1.54, 1.807) is 19.0 Å². The molecular weight excluding hydrogens is 823 g/mol. The number of halogens is 4. The molecule has 2 aromatic rings. The largest absolute Gasteiger partial charge is 0.346 e. The summed E-state index contributed by atoms with van der Waals surface area (Å²) in [5.41, 5.74) is 2.59. The van der Waals surface area contributed by atoms with Gasteiger partial charge in [0.25, 0.3) is 5.91 Å². The van der Waals surface area contributed by atoms with Crippen molar-refractivity contribution in [2.24, 2.45) is 0 Å².